The number of para-hydroxylation sites is 2. The largest absolute Gasteiger partial charge is 0.703 e. The summed E-state index contributed by atoms with van der Waals surface area (Å²) in [6.45, 7) is 6.01. The molecule has 0 unspecified atom stereocenters. The van der Waals surface area contributed by atoms with E-state index in [1.54, 1.807) is 0 Å². The van der Waals surface area contributed by atoms with Gasteiger partial charge < -0.3 is 9.47 Å². The maximum Gasteiger partial charge on any atom is 0.703 e. The standard InChI is InChI=1S/C21H22N2O2/c1-15-7-5-9-17-13-22-11-3-4-12-23-14-18-10-6-8-16(2)20(18)25-21(22,23)24-19(15)17/h5-10,13-14H,3-4,11-12H2,1-2H3/q+2. The number of hydrogen-bond donors (Lipinski definition) is 0. The molecule has 0 N–H and O–H groups in total. The Labute approximate surface area is 147 Å². The van der Waals surface area contributed by atoms with Crippen molar-refractivity contribution in [2.24, 2.45) is 0 Å². The molecular weight excluding hydrogens is 312 g/mol. The number of hydrogen-bond acceptors (Lipinski definition) is 2. The summed E-state index contributed by atoms with van der Waals surface area (Å²) < 4.78 is 17.7. The maximum atomic E-state index is 6.62. The summed E-state index contributed by atoms with van der Waals surface area (Å²) in [5.74, 6) is 1.83. The molecule has 0 aliphatic carbocycles. The minimum Gasteiger partial charge on any atom is -0.340 e. The zero-order valence-corrected chi connectivity index (χ0v) is 14.7. The fourth-order valence-corrected chi connectivity index (χ4v) is 3.99. The first-order chi connectivity index (χ1) is 12.2. The monoisotopic (exact) mass is 334 g/mol. The second kappa shape index (κ2) is 5.19. The van der Waals surface area contributed by atoms with Crippen LogP contribution < -0.4 is 9.47 Å². The molecule has 0 atom stereocenters. The Balaban J connectivity index is 1.75. The van der Waals surface area contributed by atoms with Crippen LogP contribution in [0.15, 0.2) is 36.4 Å². The van der Waals surface area contributed by atoms with Gasteiger partial charge in [-0.3, -0.25) is 0 Å². The van der Waals surface area contributed by atoms with Crippen molar-refractivity contribution < 1.29 is 18.6 Å². The van der Waals surface area contributed by atoms with Gasteiger partial charge in [-0.1, -0.05) is 33.4 Å². The molecule has 2 aromatic carbocycles. The molecule has 1 spiro atoms. The van der Waals surface area contributed by atoms with E-state index in [4.69, 9.17) is 9.47 Å². The molecule has 25 heavy (non-hydrogen) atoms. The van der Waals surface area contributed by atoms with Crippen LogP contribution in [-0.2, 0) is 0 Å². The van der Waals surface area contributed by atoms with E-state index in [9.17, 15) is 0 Å². The molecule has 0 bridgehead atoms. The van der Waals surface area contributed by atoms with Crippen molar-refractivity contribution in [2.75, 3.05) is 13.1 Å². The molecule has 0 amide bonds. The number of nitrogens with zero attached hydrogens (tertiary/aromatic N) is 2. The average Bonchev–Trinajstić information content (AvgIpc) is 2.78. The predicted molar refractivity (Wildman–Crippen MR) is 96.2 cm³/mol. The van der Waals surface area contributed by atoms with Gasteiger partial charge in [0.05, 0.1) is 11.1 Å². The van der Waals surface area contributed by atoms with E-state index in [1.165, 1.54) is 0 Å². The van der Waals surface area contributed by atoms with E-state index < -0.39 is 6.03 Å². The zero-order chi connectivity index (χ0) is 17.0. The van der Waals surface area contributed by atoms with Gasteiger partial charge >= 0.3 is 6.03 Å². The number of benzene rings is 2. The SMILES string of the molecule is Cc1cccc2c1OC13Oc4c(C)cccc4C=[N+]1CCCC[N+]3=C2. The van der Waals surface area contributed by atoms with Gasteiger partial charge in [-0.25, -0.2) is 0 Å². The molecule has 2 aromatic rings. The second-order valence-corrected chi connectivity index (χ2v) is 7.09. The van der Waals surface area contributed by atoms with E-state index in [2.05, 4.69) is 71.8 Å². The van der Waals surface area contributed by atoms with Crippen LogP contribution in [0.1, 0.15) is 35.1 Å². The fraction of sp³-hybridized carbons (Fsp3) is 0.333. The lowest BCUT2D eigenvalue weighted by Crippen LogP contribution is -2.64. The van der Waals surface area contributed by atoms with E-state index in [0.717, 1.165) is 59.7 Å². The van der Waals surface area contributed by atoms with Gasteiger partial charge in [0.1, 0.15) is 0 Å². The molecule has 5 rings (SSSR count). The Kier molecular flexibility index (Phi) is 3.05. The molecule has 4 nitrogen and oxygen atoms in total. The van der Waals surface area contributed by atoms with E-state index in [0.29, 0.717) is 0 Å². The quantitative estimate of drug-likeness (QED) is 0.692. The number of rotatable bonds is 0. The lowest BCUT2D eigenvalue weighted by atomic mass is 10.1. The molecule has 1 saturated heterocycles. The van der Waals surface area contributed by atoms with Crippen LogP contribution in [0.4, 0.5) is 0 Å². The zero-order valence-electron chi connectivity index (χ0n) is 14.7. The highest BCUT2D eigenvalue weighted by atomic mass is 16.7. The molecule has 3 aliphatic rings. The second-order valence-electron chi connectivity index (χ2n) is 7.09. The van der Waals surface area contributed by atoms with Crippen molar-refractivity contribution in [3.8, 4) is 11.5 Å². The Bertz CT molecular complexity index is 865. The third-order valence-corrected chi connectivity index (χ3v) is 5.32. The molecule has 0 saturated carbocycles. The first kappa shape index (κ1) is 14.7. The Hall–Kier alpha value is -2.62. The summed E-state index contributed by atoms with van der Waals surface area (Å²) in [7, 11) is 0. The summed E-state index contributed by atoms with van der Waals surface area (Å²) in [6.07, 6.45) is 6.63. The molecule has 0 radical (unpaired) electrons. The molecular formula is C21H22N2O2+2. The number of ether oxygens (including phenoxy) is 2. The highest BCUT2D eigenvalue weighted by Gasteiger charge is 2.64. The van der Waals surface area contributed by atoms with Gasteiger partial charge in [0, 0.05) is 12.8 Å². The summed E-state index contributed by atoms with van der Waals surface area (Å²) in [6, 6.07) is 11.6. The van der Waals surface area contributed by atoms with Crippen LogP contribution in [0.2, 0.25) is 0 Å². The predicted octanol–water partition coefficient (Wildman–Crippen LogP) is 3.06. The Morgan fingerprint density at radius 2 is 1.24 bits per heavy atom. The highest BCUT2D eigenvalue weighted by molar-refractivity contribution is 5.83. The highest BCUT2D eigenvalue weighted by Crippen LogP contribution is 2.38. The average molecular weight is 334 g/mol. The Morgan fingerprint density at radius 3 is 1.72 bits per heavy atom. The molecule has 3 aliphatic heterocycles. The summed E-state index contributed by atoms with van der Waals surface area (Å²) >= 11 is 0. The third-order valence-electron chi connectivity index (χ3n) is 5.32. The van der Waals surface area contributed by atoms with E-state index >= 15 is 0 Å². The van der Waals surface area contributed by atoms with Crippen molar-refractivity contribution in [3.05, 3.63) is 58.7 Å². The topological polar surface area (TPSA) is 24.5 Å². The summed E-state index contributed by atoms with van der Waals surface area (Å²) in [4.78, 5) is 0. The minimum atomic E-state index is -0.922. The smallest absolute Gasteiger partial charge is 0.340 e. The summed E-state index contributed by atoms with van der Waals surface area (Å²) in [5, 5.41) is 0. The molecule has 4 heteroatoms. The molecule has 3 heterocycles. The lowest BCUT2D eigenvalue weighted by Gasteiger charge is -2.31. The van der Waals surface area contributed by atoms with Crippen molar-refractivity contribution in [3.63, 3.8) is 0 Å². The van der Waals surface area contributed by atoms with Gasteiger partial charge in [0.2, 0.25) is 0 Å². The van der Waals surface area contributed by atoms with Gasteiger partial charge in [-0.05, 0) is 37.1 Å². The normalized spacial score (nSPS) is 19.6. The van der Waals surface area contributed by atoms with Crippen LogP contribution in [0.25, 0.3) is 0 Å². The van der Waals surface area contributed by atoms with Crippen molar-refractivity contribution in [1.82, 2.24) is 0 Å². The van der Waals surface area contributed by atoms with E-state index in [1.807, 2.05) is 0 Å². The van der Waals surface area contributed by atoms with Crippen LogP contribution in [0.5, 0.6) is 11.5 Å². The van der Waals surface area contributed by atoms with Crippen LogP contribution in [0.3, 0.4) is 0 Å². The van der Waals surface area contributed by atoms with Gasteiger partial charge in [-0.2, -0.15) is 0 Å². The van der Waals surface area contributed by atoms with Crippen molar-refractivity contribution in [2.45, 2.75) is 32.7 Å². The van der Waals surface area contributed by atoms with Crippen LogP contribution in [-0.4, -0.2) is 40.7 Å². The molecule has 0 aromatic heterocycles. The fourth-order valence-electron chi connectivity index (χ4n) is 3.99. The molecule has 1 fully saturated rings. The van der Waals surface area contributed by atoms with Crippen LogP contribution >= 0.6 is 0 Å². The number of fused-ring (bicyclic) bond motifs is 2. The third kappa shape index (κ3) is 2.06. The van der Waals surface area contributed by atoms with Gasteiger partial charge in [0.25, 0.3) is 0 Å². The molecule has 126 valence electrons. The minimum absolute atomic E-state index is 0.913. The first-order valence-electron chi connectivity index (χ1n) is 8.98. The van der Waals surface area contributed by atoms with Crippen LogP contribution in [0, 0.1) is 13.8 Å². The lowest BCUT2D eigenvalue weighted by molar-refractivity contribution is -0.903. The summed E-state index contributed by atoms with van der Waals surface area (Å²) in [5.41, 5.74) is 4.50. The maximum absolute atomic E-state index is 6.62. The van der Waals surface area contributed by atoms with Crippen molar-refractivity contribution >= 4 is 12.4 Å². The first-order valence-corrected chi connectivity index (χ1v) is 8.98. The van der Waals surface area contributed by atoms with E-state index in [-0.39, 0.29) is 0 Å². The van der Waals surface area contributed by atoms with Gasteiger partial charge in [-0.15, -0.1) is 0 Å². The van der Waals surface area contributed by atoms with Crippen molar-refractivity contribution in [1.29, 1.82) is 0 Å². The number of aryl methyl sites for hydroxylation is 2. The Morgan fingerprint density at radius 1 is 0.760 bits per heavy atom. The van der Waals surface area contributed by atoms with Gasteiger partial charge in [0.15, 0.2) is 37.0 Å².